The first kappa shape index (κ1) is 16.9. The van der Waals surface area contributed by atoms with E-state index in [2.05, 4.69) is 10.5 Å². The number of hydrogen-bond acceptors (Lipinski definition) is 5. The van der Waals surface area contributed by atoms with Gasteiger partial charge in [0, 0.05) is 12.3 Å². The number of hydrogen-bond donors (Lipinski definition) is 1. The van der Waals surface area contributed by atoms with E-state index in [1.54, 1.807) is 6.08 Å². The van der Waals surface area contributed by atoms with Gasteiger partial charge in [0.2, 0.25) is 0 Å². The Balaban J connectivity index is 1.75. The molecule has 24 heavy (non-hydrogen) atoms. The highest BCUT2D eigenvalue weighted by Crippen LogP contribution is 2.18. The van der Waals surface area contributed by atoms with Gasteiger partial charge in [0.05, 0.1) is 11.0 Å². The number of amides is 1. The summed E-state index contributed by atoms with van der Waals surface area (Å²) >= 11 is 0. The van der Waals surface area contributed by atoms with E-state index in [1.165, 1.54) is 30.5 Å². The Labute approximate surface area is 138 Å². The third-order valence-corrected chi connectivity index (χ3v) is 2.84. The summed E-state index contributed by atoms with van der Waals surface area (Å²) in [6.45, 7) is -0.291. The van der Waals surface area contributed by atoms with Crippen molar-refractivity contribution in [3.63, 3.8) is 0 Å². The second kappa shape index (κ2) is 8.84. The van der Waals surface area contributed by atoms with Gasteiger partial charge >= 0.3 is 0 Å². The molecule has 0 aliphatic carbocycles. The maximum absolute atomic E-state index is 11.6. The Bertz CT molecular complexity index is 757. The minimum atomic E-state index is -0.531. The van der Waals surface area contributed by atoms with E-state index < -0.39 is 10.8 Å². The van der Waals surface area contributed by atoms with Crippen molar-refractivity contribution in [3.8, 4) is 5.75 Å². The van der Waals surface area contributed by atoms with E-state index >= 15 is 0 Å². The molecule has 0 heterocycles. The van der Waals surface area contributed by atoms with Crippen LogP contribution in [0.3, 0.4) is 0 Å². The lowest BCUT2D eigenvalue weighted by atomic mass is 10.2. The number of nitro benzene ring substituents is 1. The van der Waals surface area contributed by atoms with Gasteiger partial charge in [-0.1, -0.05) is 42.5 Å². The predicted molar refractivity (Wildman–Crippen MR) is 90.7 cm³/mol. The third-order valence-electron chi connectivity index (χ3n) is 2.84. The molecule has 122 valence electrons. The Hall–Kier alpha value is -3.48. The molecule has 2 aromatic rings. The van der Waals surface area contributed by atoms with E-state index in [9.17, 15) is 14.9 Å². The highest BCUT2D eigenvalue weighted by Gasteiger charge is 2.07. The van der Waals surface area contributed by atoms with Crippen LogP contribution < -0.4 is 10.2 Å². The van der Waals surface area contributed by atoms with Crippen LogP contribution in [0.25, 0.3) is 6.08 Å². The minimum Gasteiger partial charge on any atom is -0.483 e. The molecule has 0 saturated carbocycles. The van der Waals surface area contributed by atoms with Crippen molar-refractivity contribution in [2.24, 2.45) is 5.10 Å². The van der Waals surface area contributed by atoms with Crippen molar-refractivity contribution in [3.05, 3.63) is 76.4 Å². The van der Waals surface area contributed by atoms with E-state index in [0.717, 1.165) is 5.56 Å². The molecule has 0 aromatic heterocycles. The van der Waals surface area contributed by atoms with Gasteiger partial charge in [-0.2, -0.15) is 5.10 Å². The van der Waals surface area contributed by atoms with Crippen molar-refractivity contribution in [2.75, 3.05) is 6.61 Å². The molecule has 0 fully saturated rings. The number of carbonyl (C=O) groups excluding carboxylic acids is 1. The van der Waals surface area contributed by atoms with Crippen LogP contribution in [0, 0.1) is 10.1 Å². The van der Waals surface area contributed by atoms with Crippen LogP contribution in [0.2, 0.25) is 0 Å². The largest absolute Gasteiger partial charge is 0.483 e. The number of benzene rings is 2. The molecule has 1 amide bonds. The smallest absolute Gasteiger partial charge is 0.277 e. The molecule has 7 nitrogen and oxygen atoms in total. The highest BCUT2D eigenvalue weighted by molar-refractivity contribution is 5.81. The number of allylic oxidation sites excluding steroid dienone is 1. The van der Waals surface area contributed by atoms with Gasteiger partial charge in [0.15, 0.2) is 6.61 Å². The topological polar surface area (TPSA) is 93.8 Å². The average molecular weight is 325 g/mol. The van der Waals surface area contributed by atoms with E-state index in [-0.39, 0.29) is 18.0 Å². The summed E-state index contributed by atoms with van der Waals surface area (Å²) in [6, 6.07) is 15.3. The Morgan fingerprint density at radius 3 is 2.75 bits per heavy atom. The van der Waals surface area contributed by atoms with Gasteiger partial charge in [-0.25, -0.2) is 5.43 Å². The molecule has 0 bridgehead atoms. The molecule has 0 aliphatic heterocycles. The maximum atomic E-state index is 11.6. The average Bonchev–Trinajstić information content (AvgIpc) is 2.61. The van der Waals surface area contributed by atoms with Crippen LogP contribution in [0.4, 0.5) is 5.69 Å². The molecule has 2 rings (SSSR count). The number of nitrogens with zero attached hydrogens (tertiary/aromatic N) is 2. The molecule has 1 N–H and O–H groups in total. The molecule has 7 heteroatoms. The fourth-order valence-electron chi connectivity index (χ4n) is 1.74. The van der Waals surface area contributed by atoms with Crippen molar-refractivity contribution >= 4 is 23.9 Å². The van der Waals surface area contributed by atoms with Crippen LogP contribution in [0.1, 0.15) is 5.56 Å². The first-order chi connectivity index (χ1) is 11.6. The van der Waals surface area contributed by atoms with Crippen LogP contribution in [0.5, 0.6) is 5.75 Å². The first-order valence-electron chi connectivity index (χ1n) is 7.06. The SMILES string of the molecule is O=C(COc1cccc([N+](=O)[O-])c1)N/N=C/C=C/c1ccccc1. The van der Waals surface area contributed by atoms with Crippen molar-refractivity contribution in [1.82, 2.24) is 5.43 Å². The number of hydrazone groups is 1. The molecule has 0 spiro atoms. The zero-order valence-corrected chi connectivity index (χ0v) is 12.7. The minimum absolute atomic E-state index is 0.100. The van der Waals surface area contributed by atoms with Crippen molar-refractivity contribution in [2.45, 2.75) is 0 Å². The second-order valence-corrected chi connectivity index (χ2v) is 4.63. The van der Waals surface area contributed by atoms with Crippen molar-refractivity contribution in [1.29, 1.82) is 0 Å². The quantitative estimate of drug-likeness (QED) is 0.481. The van der Waals surface area contributed by atoms with E-state index in [4.69, 9.17) is 4.74 Å². The van der Waals surface area contributed by atoms with E-state index in [0.29, 0.717) is 0 Å². The molecule has 0 aliphatic rings. The molecular formula is C17H15N3O4. The van der Waals surface area contributed by atoms with Crippen LogP contribution >= 0.6 is 0 Å². The van der Waals surface area contributed by atoms with Gasteiger partial charge in [0.25, 0.3) is 11.6 Å². The first-order valence-corrected chi connectivity index (χ1v) is 7.06. The molecular weight excluding hydrogens is 310 g/mol. The van der Waals surface area contributed by atoms with E-state index in [1.807, 2.05) is 36.4 Å². The summed E-state index contributed by atoms with van der Waals surface area (Å²) < 4.78 is 5.18. The molecule has 0 saturated heterocycles. The normalized spacial score (nSPS) is 10.8. The fourth-order valence-corrected chi connectivity index (χ4v) is 1.74. The summed E-state index contributed by atoms with van der Waals surface area (Å²) in [5.74, 6) is -0.224. The third kappa shape index (κ3) is 5.72. The summed E-state index contributed by atoms with van der Waals surface area (Å²) in [5.41, 5.74) is 3.21. The number of non-ortho nitro benzene ring substituents is 1. The predicted octanol–water partition coefficient (Wildman–Crippen LogP) is 2.79. The zero-order valence-electron chi connectivity index (χ0n) is 12.7. The number of nitro groups is 1. The monoisotopic (exact) mass is 325 g/mol. The Kier molecular flexibility index (Phi) is 6.22. The summed E-state index contributed by atoms with van der Waals surface area (Å²) in [5, 5.41) is 14.4. The highest BCUT2D eigenvalue weighted by atomic mass is 16.6. The number of ether oxygens (including phenoxy) is 1. The lowest BCUT2D eigenvalue weighted by molar-refractivity contribution is -0.384. The van der Waals surface area contributed by atoms with Gasteiger partial charge in [0.1, 0.15) is 5.75 Å². The van der Waals surface area contributed by atoms with Gasteiger partial charge in [-0.05, 0) is 17.7 Å². The lowest BCUT2D eigenvalue weighted by Crippen LogP contribution is -2.24. The summed E-state index contributed by atoms with van der Waals surface area (Å²) in [4.78, 5) is 21.7. The van der Waals surface area contributed by atoms with Gasteiger partial charge < -0.3 is 4.74 Å². The Morgan fingerprint density at radius 2 is 2.00 bits per heavy atom. The van der Waals surface area contributed by atoms with Crippen LogP contribution in [-0.4, -0.2) is 23.7 Å². The second-order valence-electron chi connectivity index (χ2n) is 4.63. The van der Waals surface area contributed by atoms with Gasteiger partial charge in [-0.3, -0.25) is 14.9 Å². The molecule has 0 unspecified atom stereocenters. The summed E-state index contributed by atoms with van der Waals surface area (Å²) in [7, 11) is 0. The number of rotatable bonds is 7. The van der Waals surface area contributed by atoms with Crippen LogP contribution in [-0.2, 0) is 4.79 Å². The number of carbonyl (C=O) groups is 1. The standard InChI is InChI=1S/C17H15N3O4/c21-17(13-24-16-10-4-9-15(12-16)20(22)23)19-18-11-5-8-14-6-2-1-3-7-14/h1-12H,13H2,(H,19,21)/b8-5+,18-11+. The van der Waals surface area contributed by atoms with Crippen molar-refractivity contribution < 1.29 is 14.5 Å². The molecule has 0 atom stereocenters. The van der Waals surface area contributed by atoms with Gasteiger partial charge in [-0.15, -0.1) is 0 Å². The number of nitrogens with one attached hydrogen (secondary N) is 1. The lowest BCUT2D eigenvalue weighted by Gasteiger charge is -2.04. The maximum Gasteiger partial charge on any atom is 0.277 e. The Morgan fingerprint density at radius 1 is 1.21 bits per heavy atom. The molecule has 2 aromatic carbocycles. The summed E-state index contributed by atoms with van der Waals surface area (Å²) in [6.07, 6.45) is 4.98. The fraction of sp³-hybridized carbons (Fsp3) is 0.0588. The van der Waals surface area contributed by atoms with Crippen LogP contribution in [0.15, 0.2) is 65.8 Å². The molecule has 0 radical (unpaired) electrons. The zero-order chi connectivity index (χ0) is 17.2.